The highest BCUT2D eigenvalue weighted by Gasteiger charge is 2.23. The third-order valence-electron chi connectivity index (χ3n) is 4.03. The molecule has 1 N–H and O–H groups in total. The molecule has 0 aliphatic heterocycles. The number of nitrogens with zero attached hydrogens (tertiary/aromatic N) is 2. The molecule has 26 heavy (non-hydrogen) atoms. The van der Waals surface area contributed by atoms with Crippen LogP contribution in [0.5, 0.6) is 0 Å². The van der Waals surface area contributed by atoms with Gasteiger partial charge in [0.2, 0.25) is 11.8 Å². The van der Waals surface area contributed by atoms with Crippen LogP contribution in [0.3, 0.4) is 0 Å². The van der Waals surface area contributed by atoms with Crippen LogP contribution in [0.4, 0.5) is 5.13 Å². The van der Waals surface area contributed by atoms with Crippen LogP contribution in [0.2, 0.25) is 0 Å². The van der Waals surface area contributed by atoms with Crippen LogP contribution in [0, 0.1) is 31.1 Å². The van der Waals surface area contributed by atoms with Crippen molar-refractivity contribution in [3.8, 4) is 0 Å². The van der Waals surface area contributed by atoms with Gasteiger partial charge in [0, 0.05) is 17.8 Å². The van der Waals surface area contributed by atoms with Gasteiger partial charge in [-0.05, 0) is 37.5 Å². The molecular weight excluding hydrogens is 346 g/mol. The molecule has 1 heterocycles. The first-order chi connectivity index (χ1) is 11.9. The Morgan fingerprint density at radius 1 is 1.19 bits per heavy atom. The average molecular weight is 382 g/mol. The van der Waals surface area contributed by atoms with Gasteiger partial charge in [0.15, 0.2) is 5.13 Å². The van der Waals surface area contributed by atoms with Crippen LogP contribution in [-0.4, -0.2) is 34.8 Å². The molecule has 1 aromatic heterocycles. The van der Waals surface area contributed by atoms with Gasteiger partial charge in [-0.15, -0.1) is 11.3 Å². The summed E-state index contributed by atoms with van der Waals surface area (Å²) < 4.78 is 0. The van der Waals surface area contributed by atoms with E-state index in [-0.39, 0.29) is 23.8 Å². The zero-order valence-corrected chi connectivity index (χ0v) is 18.4. The molecule has 2 amide bonds. The van der Waals surface area contributed by atoms with Crippen molar-refractivity contribution in [2.75, 3.05) is 18.4 Å². The first-order valence-corrected chi connectivity index (χ1v) is 10.2. The summed E-state index contributed by atoms with van der Waals surface area (Å²) in [5, 5.41) is 3.43. The van der Waals surface area contributed by atoms with Gasteiger partial charge < -0.3 is 10.2 Å². The summed E-state index contributed by atoms with van der Waals surface area (Å²) in [6.07, 6.45) is 1.46. The molecule has 0 aromatic carbocycles. The number of carbonyl (C=O) groups excluding carboxylic acids is 2. The lowest BCUT2D eigenvalue weighted by Crippen LogP contribution is -2.40. The monoisotopic (exact) mass is 381 g/mol. The number of rotatable bonds is 8. The fourth-order valence-electron chi connectivity index (χ4n) is 3.10. The molecular formula is C20H35N3O2S. The highest BCUT2D eigenvalue weighted by Crippen LogP contribution is 2.26. The second kappa shape index (κ2) is 9.49. The Kier molecular flexibility index (Phi) is 8.25. The number of nitrogens with one attached hydrogen (secondary N) is 1. The molecule has 5 nitrogen and oxygen atoms in total. The van der Waals surface area contributed by atoms with Crippen molar-refractivity contribution in [1.29, 1.82) is 0 Å². The fraction of sp³-hybridized carbons (Fsp3) is 0.750. The van der Waals surface area contributed by atoms with E-state index in [0.29, 0.717) is 29.9 Å². The van der Waals surface area contributed by atoms with Crippen molar-refractivity contribution in [1.82, 2.24) is 9.88 Å². The van der Waals surface area contributed by atoms with Crippen LogP contribution in [0.15, 0.2) is 0 Å². The van der Waals surface area contributed by atoms with E-state index in [1.54, 1.807) is 4.90 Å². The third-order valence-corrected chi connectivity index (χ3v) is 5.02. The van der Waals surface area contributed by atoms with Gasteiger partial charge in [0.25, 0.3) is 0 Å². The third kappa shape index (κ3) is 8.30. The Bertz CT molecular complexity index is 598. The van der Waals surface area contributed by atoms with Crippen LogP contribution < -0.4 is 5.32 Å². The average Bonchev–Trinajstić information content (AvgIpc) is 2.73. The number of aryl methyl sites for hydroxylation is 2. The minimum atomic E-state index is -0.184. The Balaban J connectivity index is 2.69. The summed E-state index contributed by atoms with van der Waals surface area (Å²) in [4.78, 5) is 32.3. The maximum atomic E-state index is 12.8. The van der Waals surface area contributed by atoms with Gasteiger partial charge in [-0.1, -0.05) is 41.5 Å². The first-order valence-electron chi connectivity index (χ1n) is 9.39. The van der Waals surface area contributed by atoms with Gasteiger partial charge >= 0.3 is 0 Å². The molecule has 1 atom stereocenters. The zero-order valence-electron chi connectivity index (χ0n) is 17.6. The number of anilines is 1. The van der Waals surface area contributed by atoms with Gasteiger partial charge in [-0.3, -0.25) is 9.59 Å². The Morgan fingerprint density at radius 2 is 1.81 bits per heavy atom. The van der Waals surface area contributed by atoms with Gasteiger partial charge in [-0.25, -0.2) is 4.98 Å². The molecule has 0 aliphatic carbocycles. The van der Waals surface area contributed by atoms with E-state index in [1.165, 1.54) is 11.3 Å². The van der Waals surface area contributed by atoms with Gasteiger partial charge in [-0.2, -0.15) is 0 Å². The Labute approximate surface area is 162 Å². The van der Waals surface area contributed by atoms with E-state index in [1.807, 2.05) is 13.8 Å². The van der Waals surface area contributed by atoms with E-state index in [4.69, 9.17) is 0 Å². The maximum absolute atomic E-state index is 12.8. The number of hydrogen-bond donors (Lipinski definition) is 1. The zero-order chi connectivity index (χ0) is 20.1. The second-order valence-electron chi connectivity index (χ2n) is 8.95. The lowest BCUT2D eigenvalue weighted by molar-refractivity contribution is -0.136. The minimum Gasteiger partial charge on any atom is -0.333 e. The number of thiazole rings is 1. The second-order valence-corrected chi connectivity index (χ2v) is 10.2. The number of carbonyl (C=O) groups is 2. The number of hydrogen-bond acceptors (Lipinski definition) is 4. The van der Waals surface area contributed by atoms with Crippen molar-refractivity contribution in [2.45, 2.75) is 68.2 Å². The number of aromatic nitrogens is 1. The van der Waals surface area contributed by atoms with E-state index in [9.17, 15) is 9.59 Å². The number of amides is 2. The van der Waals surface area contributed by atoms with Crippen molar-refractivity contribution >= 4 is 28.3 Å². The van der Waals surface area contributed by atoms with Crippen molar-refractivity contribution in [2.24, 2.45) is 17.3 Å². The smallest absolute Gasteiger partial charge is 0.245 e. The lowest BCUT2D eigenvalue weighted by Gasteiger charge is -2.27. The topological polar surface area (TPSA) is 62.3 Å². The predicted molar refractivity (Wildman–Crippen MR) is 109 cm³/mol. The van der Waals surface area contributed by atoms with Crippen LogP contribution in [-0.2, 0) is 9.59 Å². The van der Waals surface area contributed by atoms with Crippen molar-refractivity contribution in [3.05, 3.63) is 10.6 Å². The molecule has 0 aliphatic rings. The molecule has 148 valence electrons. The standard InChI is InChI=1S/C20H35N3O2S/c1-13(2)11-23(18(25)9-14(3)10-20(6,7)8)12-17(24)22-19-21-15(4)16(5)26-19/h13-14H,9-12H2,1-8H3,(H,21,22,24). The van der Waals surface area contributed by atoms with Crippen molar-refractivity contribution in [3.63, 3.8) is 0 Å². The van der Waals surface area contributed by atoms with Crippen LogP contribution in [0.1, 0.15) is 65.0 Å². The van der Waals surface area contributed by atoms with E-state index in [0.717, 1.165) is 17.0 Å². The lowest BCUT2D eigenvalue weighted by atomic mass is 9.84. The Morgan fingerprint density at radius 3 is 2.27 bits per heavy atom. The highest BCUT2D eigenvalue weighted by atomic mass is 32.1. The molecule has 0 radical (unpaired) electrons. The van der Waals surface area contributed by atoms with Crippen LogP contribution in [0.25, 0.3) is 0 Å². The quantitative estimate of drug-likeness (QED) is 0.713. The molecule has 0 bridgehead atoms. The van der Waals surface area contributed by atoms with Gasteiger partial charge in [0.05, 0.1) is 12.2 Å². The molecule has 0 saturated carbocycles. The molecule has 0 saturated heterocycles. The molecule has 0 fully saturated rings. The Hall–Kier alpha value is -1.43. The summed E-state index contributed by atoms with van der Waals surface area (Å²) in [5.74, 6) is 0.479. The van der Waals surface area contributed by atoms with E-state index >= 15 is 0 Å². The summed E-state index contributed by atoms with van der Waals surface area (Å²) in [6.45, 7) is 17.4. The normalized spacial score (nSPS) is 13.0. The fourth-order valence-corrected chi connectivity index (χ4v) is 3.93. The largest absolute Gasteiger partial charge is 0.333 e. The van der Waals surface area contributed by atoms with Gasteiger partial charge in [0.1, 0.15) is 0 Å². The molecule has 6 heteroatoms. The van der Waals surface area contributed by atoms with Crippen LogP contribution >= 0.6 is 11.3 Å². The molecule has 0 spiro atoms. The summed E-state index contributed by atoms with van der Waals surface area (Å²) >= 11 is 1.46. The highest BCUT2D eigenvalue weighted by molar-refractivity contribution is 7.15. The predicted octanol–water partition coefficient (Wildman–Crippen LogP) is 4.65. The molecule has 1 aromatic rings. The minimum absolute atomic E-state index is 0.0529. The maximum Gasteiger partial charge on any atom is 0.245 e. The molecule has 1 rings (SSSR count). The van der Waals surface area contributed by atoms with E-state index in [2.05, 4.69) is 51.8 Å². The summed E-state index contributed by atoms with van der Waals surface area (Å²) in [7, 11) is 0. The molecule has 1 unspecified atom stereocenters. The summed E-state index contributed by atoms with van der Waals surface area (Å²) in [5.41, 5.74) is 1.12. The SMILES string of the molecule is Cc1nc(NC(=O)CN(CC(C)C)C(=O)CC(C)CC(C)(C)C)sc1C. The van der Waals surface area contributed by atoms with E-state index < -0.39 is 0 Å². The first kappa shape index (κ1) is 22.6. The summed E-state index contributed by atoms with van der Waals surface area (Å²) in [6, 6.07) is 0. The van der Waals surface area contributed by atoms with Crippen molar-refractivity contribution < 1.29 is 9.59 Å².